The molecule has 0 aliphatic carbocycles. The Morgan fingerprint density at radius 3 is 3.00 bits per heavy atom. The topological polar surface area (TPSA) is 103 Å². The zero-order valence-electron chi connectivity index (χ0n) is 13.4. The first-order valence-corrected chi connectivity index (χ1v) is 7.81. The van der Waals surface area contributed by atoms with Crippen LogP contribution in [0.25, 0.3) is 11.2 Å². The Bertz CT molecular complexity index is 896. The van der Waals surface area contributed by atoms with Crippen LogP contribution in [0.15, 0.2) is 30.6 Å². The molecule has 0 radical (unpaired) electrons. The van der Waals surface area contributed by atoms with Crippen molar-refractivity contribution >= 4 is 17.0 Å². The van der Waals surface area contributed by atoms with Gasteiger partial charge in [0.1, 0.15) is 0 Å². The lowest BCUT2D eigenvalue weighted by Gasteiger charge is -2.07. The van der Waals surface area contributed by atoms with E-state index in [1.165, 1.54) is 0 Å². The van der Waals surface area contributed by atoms with Gasteiger partial charge in [-0.15, -0.1) is 0 Å². The number of anilines is 1. The molecule has 0 spiro atoms. The Balaban J connectivity index is 1.91. The number of unbranched alkanes of at least 4 members (excludes halogenated alkanes) is 1. The van der Waals surface area contributed by atoms with E-state index >= 15 is 0 Å². The van der Waals surface area contributed by atoms with E-state index in [2.05, 4.69) is 27.9 Å². The molecule has 0 atom stereocenters. The normalized spacial score (nSPS) is 10.7. The van der Waals surface area contributed by atoms with Gasteiger partial charge in [-0.25, -0.2) is 4.98 Å². The van der Waals surface area contributed by atoms with Gasteiger partial charge in [0.05, 0.1) is 31.1 Å². The minimum atomic E-state index is 0.265. The van der Waals surface area contributed by atoms with Gasteiger partial charge in [0.2, 0.25) is 0 Å². The number of nitriles is 1. The molecule has 0 saturated carbocycles. The maximum Gasteiger partial charge on any atom is 0.320 e. The monoisotopic (exact) mass is 322 g/mol. The summed E-state index contributed by atoms with van der Waals surface area (Å²) in [5.74, 6) is 0.302. The van der Waals surface area contributed by atoms with E-state index in [9.17, 15) is 0 Å². The highest BCUT2D eigenvalue weighted by Crippen LogP contribution is 2.20. The summed E-state index contributed by atoms with van der Waals surface area (Å²) >= 11 is 0. The van der Waals surface area contributed by atoms with Crippen LogP contribution in [0.2, 0.25) is 0 Å². The molecule has 0 bridgehead atoms. The Hall–Kier alpha value is -3.14. The van der Waals surface area contributed by atoms with Crippen molar-refractivity contribution in [1.29, 1.82) is 5.26 Å². The molecule has 0 aliphatic rings. The first-order chi connectivity index (χ1) is 11.7. The number of nitrogen functional groups attached to an aromatic ring is 1. The van der Waals surface area contributed by atoms with Crippen LogP contribution in [-0.2, 0) is 6.54 Å². The highest BCUT2D eigenvalue weighted by Gasteiger charge is 2.12. The molecule has 3 aromatic rings. The quantitative estimate of drug-likeness (QED) is 0.699. The van der Waals surface area contributed by atoms with Gasteiger partial charge < -0.3 is 15.0 Å². The summed E-state index contributed by atoms with van der Waals surface area (Å²) in [6.45, 7) is 3.18. The largest absolute Gasteiger partial charge is 0.463 e. The van der Waals surface area contributed by atoms with Crippen molar-refractivity contribution in [2.24, 2.45) is 0 Å². The number of benzene rings is 1. The van der Waals surface area contributed by atoms with E-state index in [0.717, 1.165) is 18.4 Å². The fraction of sp³-hybridized carbons (Fsp3) is 0.294. The molecule has 0 aliphatic heterocycles. The van der Waals surface area contributed by atoms with Crippen molar-refractivity contribution in [3.63, 3.8) is 0 Å². The average Bonchev–Trinajstić information content (AvgIpc) is 2.99. The molecule has 0 fully saturated rings. The highest BCUT2D eigenvalue weighted by atomic mass is 16.5. The number of nitrogens with zero attached hydrogens (tertiary/aromatic N) is 5. The number of fused-ring (bicyclic) bond motifs is 1. The second kappa shape index (κ2) is 6.96. The standard InChI is InChI=1S/C17H18N6O/c1-2-3-7-24-17-21-15(19)14-16(22-17)23(11-20-14)10-13-6-4-5-12(8-13)9-18/h4-6,8,11H,2-3,7,10H2,1H3,(H2,19,21,22). The number of nitrogens with two attached hydrogens (primary N) is 1. The van der Waals surface area contributed by atoms with Crippen molar-refractivity contribution in [2.75, 3.05) is 12.3 Å². The zero-order valence-corrected chi connectivity index (χ0v) is 13.4. The second-order valence-corrected chi connectivity index (χ2v) is 5.45. The van der Waals surface area contributed by atoms with Gasteiger partial charge in [0, 0.05) is 0 Å². The fourth-order valence-electron chi connectivity index (χ4n) is 2.37. The maximum atomic E-state index is 9.01. The predicted molar refractivity (Wildman–Crippen MR) is 90.4 cm³/mol. The van der Waals surface area contributed by atoms with E-state index in [-0.39, 0.29) is 6.01 Å². The number of imidazole rings is 1. The van der Waals surface area contributed by atoms with Crippen LogP contribution < -0.4 is 10.5 Å². The van der Waals surface area contributed by atoms with Crippen LogP contribution in [0, 0.1) is 11.3 Å². The fourth-order valence-corrected chi connectivity index (χ4v) is 2.37. The van der Waals surface area contributed by atoms with Crippen molar-refractivity contribution in [2.45, 2.75) is 26.3 Å². The molecule has 0 amide bonds. The average molecular weight is 322 g/mol. The van der Waals surface area contributed by atoms with E-state index in [0.29, 0.717) is 35.7 Å². The summed E-state index contributed by atoms with van der Waals surface area (Å²) in [4.78, 5) is 12.9. The van der Waals surface area contributed by atoms with Gasteiger partial charge in [-0.2, -0.15) is 15.2 Å². The SMILES string of the molecule is CCCCOc1nc(N)c2ncn(Cc3cccc(C#N)c3)c2n1. The summed E-state index contributed by atoms with van der Waals surface area (Å²) in [6.07, 6.45) is 3.64. The number of rotatable bonds is 6. The Labute approximate surface area is 139 Å². The predicted octanol–water partition coefficient (Wildman–Crippen LogP) is 2.51. The summed E-state index contributed by atoms with van der Waals surface area (Å²) in [5.41, 5.74) is 8.74. The van der Waals surface area contributed by atoms with Gasteiger partial charge in [0.15, 0.2) is 17.0 Å². The summed E-state index contributed by atoms with van der Waals surface area (Å²) in [5, 5.41) is 9.01. The van der Waals surface area contributed by atoms with E-state index < -0.39 is 0 Å². The second-order valence-electron chi connectivity index (χ2n) is 5.45. The van der Waals surface area contributed by atoms with E-state index in [1.54, 1.807) is 12.4 Å². The Kier molecular flexibility index (Phi) is 4.57. The van der Waals surface area contributed by atoms with Crippen LogP contribution >= 0.6 is 0 Å². The molecule has 3 rings (SSSR count). The van der Waals surface area contributed by atoms with Gasteiger partial charge in [-0.3, -0.25) is 0 Å². The lowest BCUT2D eigenvalue weighted by molar-refractivity contribution is 0.286. The molecule has 0 saturated heterocycles. The van der Waals surface area contributed by atoms with Crippen molar-refractivity contribution in [3.8, 4) is 12.1 Å². The molecular weight excluding hydrogens is 304 g/mol. The smallest absolute Gasteiger partial charge is 0.320 e. The number of aromatic nitrogens is 4. The van der Waals surface area contributed by atoms with Crippen molar-refractivity contribution < 1.29 is 4.74 Å². The van der Waals surface area contributed by atoms with E-state index in [1.807, 2.05) is 22.8 Å². The molecule has 0 unspecified atom stereocenters. The minimum Gasteiger partial charge on any atom is -0.463 e. The third-order valence-corrected chi connectivity index (χ3v) is 3.61. The number of ether oxygens (including phenoxy) is 1. The molecule has 7 nitrogen and oxygen atoms in total. The van der Waals surface area contributed by atoms with Gasteiger partial charge in [-0.1, -0.05) is 25.5 Å². The zero-order chi connectivity index (χ0) is 16.9. The summed E-state index contributed by atoms with van der Waals surface area (Å²) < 4.78 is 7.43. The lowest BCUT2D eigenvalue weighted by Crippen LogP contribution is -2.06. The molecule has 2 aromatic heterocycles. The van der Waals surface area contributed by atoms with Crippen LogP contribution in [-0.4, -0.2) is 26.1 Å². The minimum absolute atomic E-state index is 0.265. The molecule has 1 aromatic carbocycles. The van der Waals surface area contributed by atoms with Crippen LogP contribution in [0.5, 0.6) is 6.01 Å². The van der Waals surface area contributed by atoms with Crippen molar-refractivity contribution in [1.82, 2.24) is 19.5 Å². The molecule has 2 heterocycles. The van der Waals surface area contributed by atoms with Gasteiger partial charge >= 0.3 is 6.01 Å². The molecule has 7 heteroatoms. The molecule has 2 N–H and O–H groups in total. The third kappa shape index (κ3) is 3.27. The van der Waals surface area contributed by atoms with Crippen LogP contribution in [0.4, 0.5) is 5.82 Å². The molecule has 24 heavy (non-hydrogen) atoms. The highest BCUT2D eigenvalue weighted by molar-refractivity contribution is 5.81. The lowest BCUT2D eigenvalue weighted by atomic mass is 10.1. The number of hydrogen-bond donors (Lipinski definition) is 1. The first kappa shape index (κ1) is 15.7. The van der Waals surface area contributed by atoms with Gasteiger partial charge in [0.25, 0.3) is 0 Å². The van der Waals surface area contributed by atoms with E-state index in [4.69, 9.17) is 15.7 Å². The Morgan fingerprint density at radius 2 is 2.21 bits per heavy atom. The third-order valence-electron chi connectivity index (χ3n) is 3.61. The molecular formula is C17H18N6O. The molecule has 122 valence electrons. The van der Waals surface area contributed by atoms with Crippen LogP contribution in [0.3, 0.4) is 0 Å². The van der Waals surface area contributed by atoms with Gasteiger partial charge in [-0.05, 0) is 24.1 Å². The summed E-state index contributed by atoms with van der Waals surface area (Å²) in [6, 6.07) is 9.83. The Morgan fingerprint density at radius 1 is 1.33 bits per heavy atom. The first-order valence-electron chi connectivity index (χ1n) is 7.81. The van der Waals surface area contributed by atoms with Crippen LogP contribution in [0.1, 0.15) is 30.9 Å². The number of hydrogen-bond acceptors (Lipinski definition) is 6. The summed E-state index contributed by atoms with van der Waals surface area (Å²) in [7, 11) is 0. The maximum absolute atomic E-state index is 9.01. The van der Waals surface area contributed by atoms with Crippen molar-refractivity contribution in [3.05, 3.63) is 41.7 Å².